The molecule has 1 aliphatic rings. The Labute approximate surface area is 232 Å². The Hall–Kier alpha value is -4.56. The molecule has 0 aliphatic carbocycles. The van der Waals surface area contributed by atoms with Crippen LogP contribution in [0, 0.1) is 5.82 Å². The summed E-state index contributed by atoms with van der Waals surface area (Å²) in [5.41, 5.74) is 2.80. The van der Waals surface area contributed by atoms with E-state index in [4.69, 9.17) is 4.74 Å². The minimum atomic E-state index is -0.846. The van der Waals surface area contributed by atoms with Gasteiger partial charge in [0.05, 0.1) is 5.69 Å². The number of anilines is 1. The fraction of sp³-hybridized carbons (Fsp3) is 0.0645. The largest absolute Gasteiger partial charge is 0.489 e. The maximum Gasteiger partial charge on any atom is 0.335 e. The van der Waals surface area contributed by atoms with Crippen LogP contribution in [0.2, 0.25) is 0 Å². The zero-order chi connectivity index (χ0) is 27.4. The second-order valence-corrected chi connectivity index (χ2v) is 9.75. The van der Waals surface area contributed by atoms with E-state index in [1.165, 1.54) is 12.1 Å². The van der Waals surface area contributed by atoms with Crippen molar-refractivity contribution in [3.05, 3.63) is 135 Å². The van der Waals surface area contributed by atoms with E-state index in [1.54, 1.807) is 60.7 Å². The monoisotopic (exact) mass is 584 g/mol. The number of carbonyl (C=O) groups is 3. The van der Waals surface area contributed by atoms with Gasteiger partial charge in [0.1, 0.15) is 23.7 Å². The molecule has 1 fully saturated rings. The molecule has 0 radical (unpaired) electrons. The highest BCUT2D eigenvalue weighted by Crippen LogP contribution is 2.27. The number of benzene rings is 4. The fourth-order valence-electron chi connectivity index (χ4n) is 4.19. The van der Waals surface area contributed by atoms with E-state index in [2.05, 4.69) is 21.2 Å². The van der Waals surface area contributed by atoms with Gasteiger partial charge in [-0.3, -0.25) is 14.9 Å². The summed E-state index contributed by atoms with van der Waals surface area (Å²) in [6.07, 6.45) is 1.68. The molecule has 4 aromatic carbocycles. The maximum absolute atomic E-state index is 14.3. The molecule has 0 spiro atoms. The second kappa shape index (κ2) is 11.4. The van der Waals surface area contributed by atoms with E-state index < -0.39 is 17.8 Å². The van der Waals surface area contributed by atoms with Gasteiger partial charge in [-0.05, 0) is 70.8 Å². The predicted octanol–water partition coefficient (Wildman–Crippen LogP) is 6.42. The number of halogens is 2. The van der Waals surface area contributed by atoms with Crippen molar-refractivity contribution in [2.24, 2.45) is 0 Å². The molecule has 0 atom stereocenters. The van der Waals surface area contributed by atoms with Crippen LogP contribution in [0.3, 0.4) is 0 Å². The van der Waals surface area contributed by atoms with Crippen LogP contribution in [0.4, 0.5) is 14.9 Å². The van der Waals surface area contributed by atoms with E-state index in [1.807, 2.05) is 30.3 Å². The zero-order valence-electron chi connectivity index (χ0n) is 20.6. The first-order valence-corrected chi connectivity index (χ1v) is 12.9. The van der Waals surface area contributed by atoms with Crippen LogP contribution in [0.15, 0.2) is 107 Å². The highest BCUT2D eigenvalue weighted by Gasteiger charge is 2.37. The number of rotatable bonds is 7. The van der Waals surface area contributed by atoms with Gasteiger partial charge >= 0.3 is 6.03 Å². The number of barbiturate groups is 1. The zero-order valence-corrected chi connectivity index (χ0v) is 22.2. The van der Waals surface area contributed by atoms with E-state index in [0.717, 1.165) is 10.5 Å². The third kappa shape index (κ3) is 5.97. The lowest BCUT2D eigenvalue weighted by Crippen LogP contribution is -2.54. The van der Waals surface area contributed by atoms with E-state index in [-0.39, 0.29) is 23.5 Å². The molecule has 8 heteroatoms. The summed E-state index contributed by atoms with van der Waals surface area (Å²) in [6, 6.07) is 27.0. The summed E-state index contributed by atoms with van der Waals surface area (Å²) in [6.45, 7) is 0.368. The Morgan fingerprint density at radius 3 is 2.31 bits per heavy atom. The topological polar surface area (TPSA) is 75.7 Å². The number of imide groups is 2. The SMILES string of the molecule is O=C1NC(=O)N(c2ccc(OCc3ccccc3)cc2)C(=O)/C1=C/c1cc(Br)ccc1Cc1ccccc1F. The van der Waals surface area contributed by atoms with Crippen molar-refractivity contribution >= 4 is 45.5 Å². The van der Waals surface area contributed by atoms with Crippen LogP contribution in [0.1, 0.15) is 22.3 Å². The number of amides is 4. The average Bonchev–Trinajstić information content (AvgIpc) is 2.93. The van der Waals surface area contributed by atoms with Gasteiger partial charge in [0, 0.05) is 10.9 Å². The van der Waals surface area contributed by atoms with Crippen molar-refractivity contribution in [3.8, 4) is 5.75 Å². The van der Waals surface area contributed by atoms with E-state index >= 15 is 0 Å². The average molecular weight is 585 g/mol. The molecule has 4 aromatic rings. The lowest BCUT2D eigenvalue weighted by atomic mass is 9.97. The predicted molar refractivity (Wildman–Crippen MR) is 150 cm³/mol. The van der Waals surface area contributed by atoms with Gasteiger partial charge in [0.2, 0.25) is 0 Å². The van der Waals surface area contributed by atoms with Gasteiger partial charge in [-0.25, -0.2) is 14.1 Å². The molecule has 5 rings (SSSR count). The summed E-state index contributed by atoms with van der Waals surface area (Å²) in [4.78, 5) is 39.7. The number of urea groups is 1. The van der Waals surface area contributed by atoms with Gasteiger partial charge < -0.3 is 4.74 Å². The number of nitrogens with one attached hydrogen (secondary N) is 1. The maximum atomic E-state index is 14.3. The van der Waals surface area contributed by atoms with Crippen molar-refractivity contribution < 1.29 is 23.5 Å². The molecule has 6 nitrogen and oxygen atoms in total. The first-order valence-electron chi connectivity index (χ1n) is 12.1. The smallest absolute Gasteiger partial charge is 0.335 e. The molecule has 1 aliphatic heterocycles. The molecule has 1 saturated heterocycles. The van der Waals surface area contributed by atoms with Gasteiger partial charge in [0.15, 0.2) is 0 Å². The number of carbonyl (C=O) groups excluding carboxylic acids is 3. The van der Waals surface area contributed by atoms with Crippen molar-refractivity contribution in [2.75, 3.05) is 4.90 Å². The third-order valence-electron chi connectivity index (χ3n) is 6.19. The van der Waals surface area contributed by atoms with Gasteiger partial charge in [0.25, 0.3) is 11.8 Å². The van der Waals surface area contributed by atoms with Gasteiger partial charge in [-0.1, -0.05) is 70.5 Å². The van der Waals surface area contributed by atoms with Crippen molar-refractivity contribution in [1.29, 1.82) is 0 Å². The Morgan fingerprint density at radius 1 is 0.846 bits per heavy atom. The van der Waals surface area contributed by atoms with Gasteiger partial charge in [-0.2, -0.15) is 0 Å². The number of hydrogen-bond acceptors (Lipinski definition) is 4. The molecule has 0 unspecified atom stereocenters. The molecule has 0 saturated carbocycles. The van der Waals surface area contributed by atoms with Crippen molar-refractivity contribution in [1.82, 2.24) is 5.32 Å². The summed E-state index contributed by atoms with van der Waals surface area (Å²) in [7, 11) is 0. The van der Waals surface area contributed by atoms with Crippen LogP contribution in [-0.4, -0.2) is 17.8 Å². The minimum absolute atomic E-state index is 0.216. The summed E-state index contributed by atoms with van der Waals surface area (Å²) in [5, 5.41) is 2.24. The molecular formula is C31H22BrFN2O4. The molecule has 0 bridgehead atoms. The Bertz CT molecular complexity index is 1590. The van der Waals surface area contributed by atoms with E-state index in [0.29, 0.717) is 33.5 Å². The van der Waals surface area contributed by atoms with Crippen LogP contribution >= 0.6 is 15.9 Å². The first kappa shape index (κ1) is 26.1. The van der Waals surface area contributed by atoms with Crippen LogP contribution in [-0.2, 0) is 22.6 Å². The number of nitrogens with zero attached hydrogens (tertiary/aromatic N) is 1. The molecule has 1 N–H and O–H groups in total. The van der Waals surface area contributed by atoms with Crippen LogP contribution in [0.5, 0.6) is 5.75 Å². The minimum Gasteiger partial charge on any atom is -0.489 e. The second-order valence-electron chi connectivity index (χ2n) is 8.84. The third-order valence-corrected chi connectivity index (χ3v) is 6.68. The molecule has 1 heterocycles. The van der Waals surface area contributed by atoms with Gasteiger partial charge in [-0.15, -0.1) is 0 Å². The molecular weight excluding hydrogens is 563 g/mol. The van der Waals surface area contributed by atoms with Crippen LogP contribution in [0.25, 0.3) is 6.08 Å². The highest BCUT2D eigenvalue weighted by atomic mass is 79.9. The summed E-state index contributed by atoms with van der Waals surface area (Å²) < 4.78 is 20.8. The normalized spacial score (nSPS) is 14.5. The number of ether oxygens (including phenoxy) is 1. The molecule has 4 amide bonds. The first-order chi connectivity index (χ1) is 18.9. The lowest BCUT2D eigenvalue weighted by molar-refractivity contribution is -0.122. The summed E-state index contributed by atoms with van der Waals surface area (Å²) in [5.74, 6) is -1.36. The van der Waals surface area contributed by atoms with Crippen molar-refractivity contribution in [2.45, 2.75) is 13.0 Å². The van der Waals surface area contributed by atoms with Crippen molar-refractivity contribution in [3.63, 3.8) is 0 Å². The standard InChI is InChI=1S/C31H22BrFN2O4/c32-24-11-10-21(16-22-8-4-5-9-28(22)33)23(17-24)18-27-29(36)34-31(38)35(30(27)37)25-12-14-26(15-13-25)39-19-20-6-2-1-3-7-20/h1-15,17-18H,16,19H2,(H,34,36,38)/b27-18+. The van der Waals surface area contributed by atoms with Crippen LogP contribution < -0.4 is 15.0 Å². The quantitative estimate of drug-likeness (QED) is 0.201. The highest BCUT2D eigenvalue weighted by molar-refractivity contribution is 9.10. The fourth-order valence-corrected chi connectivity index (χ4v) is 4.57. The Morgan fingerprint density at radius 2 is 1.56 bits per heavy atom. The summed E-state index contributed by atoms with van der Waals surface area (Å²) >= 11 is 3.42. The number of hydrogen-bond donors (Lipinski definition) is 1. The Balaban J connectivity index is 1.41. The molecule has 0 aromatic heterocycles. The Kier molecular flexibility index (Phi) is 7.65. The molecule has 194 valence electrons. The lowest BCUT2D eigenvalue weighted by Gasteiger charge is -2.26. The molecule has 39 heavy (non-hydrogen) atoms. The van der Waals surface area contributed by atoms with E-state index in [9.17, 15) is 18.8 Å².